The molecular weight excluding hydrogens is 380 g/mol. The summed E-state index contributed by atoms with van der Waals surface area (Å²) >= 11 is 0. The lowest BCUT2D eigenvalue weighted by atomic mass is 10.1. The van der Waals surface area contributed by atoms with Crippen LogP contribution in [0.5, 0.6) is 5.75 Å². The predicted molar refractivity (Wildman–Crippen MR) is 107 cm³/mol. The highest BCUT2D eigenvalue weighted by atomic mass is 32.2. The number of ether oxygens (including phenoxy) is 2. The van der Waals surface area contributed by atoms with Crippen LogP contribution >= 0.6 is 0 Å². The molecule has 1 fully saturated rings. The molecule has 0 saturated carbocycles. The van der Waals surface area contributed by atoms with Crippen LogP contribution in [0.2, 0.25) is 0 Å². The predicted octanol–water partition coefficient (Wildman–Crippen LogP) is 3.09. The van der Waals surface area contributed by atoms with Gasteiger partial charge in [-0.05, 0) is 25.5 Å². The van der Waals surface area contributed by atoms with Crippen molar-refractivity contribution in [2.75, 3.05) is 39.4 Å². The van der Waals surface area contributed by atoms with Crippen molar-refractivity contribution in [1.82, 2.24) is 9.21 Å². The molecule has 0 unspecified atom stereocenters. The smallest absolute Gasteiger partial charge is 0.409 e. The molecule has 1 aliphatic rings. The minimum atomic E-state index is -3.69. The molecule has 0 atom stereocenters. The molecule has 0 bridgehead atoms. The number of benzene rings is 2. The summed E-state index contributed by atoms with van der Waals surface area (Å²) in [5.74, 6) is 0.684. The van der Waals surface area contributed by atoms with Gasteiger partial charge in [-0.3, -0.25) is 0 Å². The van der Waals surface area contributed by atoms with Crippen LogP contribution in [-0.2, 0) is 14.8 Å². The molecule has 1 heterocycles. The fourth-order valence-corrected chi connectivity index (χ4v) is 4.89. The quantitative estimate of drug-likeness (QED) is 0.737. The molecule has 152 valence electrons. The second-order valence-electron chi connectivity index (χ2n) is 6.55. The standard InChI is InChI=1S/C20H26N2O5S/c1-3-15-27-18-9-10-19(17-8-6-5-7-16(17)18)28(24,25)22-13-11-21(12-14-22)20(23)26-4-2/h5-10H,3-4,11-15H2,1-2H3. The Balaban J connectivity index is 1.87. The molecular formula is C20H26N2O5S. The first-order valence-electron chi connectivity index (χ1n) is 9.55. The van der Waals surface area contributed by atoms with Gasteiger partial charge in [-0.15, -0.1) is 0 Å². The second kappa shape index (κ2) is 8.79. The molecule has 2 aromatic carbocycles. The van der Waals surface area contributed by atoms with Gasteiger partial charge in [0.2, 0.25) is 10.0 Å². The molecule has 28 heavy (non-hydrogen) atoms. The normalized spacial score (nSPS) is 15.6. The number of hydrogen-bond acceptors (Lipinski definition) is 5. The largest absolute Gasteiger partial charge is 0.493 e. The Kier molecular flexibility index (Phi) is 6.41. The highest BCUT2D eigenvalue weighted by Crippen LogP contribution is 2.33. The number of sulfonamides is 1. The number of rotatable bonds is 6. The van der Waals surface area contributed by atoms with E-state index in [0.717, 1.165) is 11.8 Å². The zero-order valence-corrected chi connectivity index (χ0v) is 17.1. The molecule has 0 radical (unpaired) electrons. The van der Waals surface area contributed by atoms with Gasteiger partial charge in [-0.25, -0.2) is 13.2 Å². The van der Waals surface area contributed by atoms with E-state index in [-0.39, 0.29) is 18.0 Å². The van der Waals surface area contributed by atoms with Gasteiger partial charge < -0.3 is 14.4 Å². The number of fused-ring (bicyclic) bond motifs is 1. The van der Waals surface area contributed by atoms with Crippen LogP contribution in [-0.4, -0.2) is 63.1 Å². The van der Waals surface area contributed by atoms with Gasteiger partial charge in [0.15, 0.2) is 0 Å². The summed E-state index contributed by atoms with van der Waals surface area (Å²) in [5, 5.41) is 1.42. The van der Waals surface area contributed by atoms with E-state index in [4.69, 9.17) is 9.47 Å². The Hall–Kier alpha value is -2.32. The minimum Gasteiger partial charge on any atom is -0.493 e. The molecule has 1 saturated heterocycles. The molecule has 0 N–H and O–H groups in total. The van der Waals surface area contributed by atoms with Crippen molar-refractivity contribution in [3.8, 4) is 5.75 Å². The maximum absolute atomic E-state index is 13.3. The Morgan fingerprint density at radius 3 is 2.32 bits per heavy atom. The SMILES string of the molecule is CCCOc1ccc(S(=O)(=O)N2CCN(C(=O)OCC)CC2)c2ccccc12. The molecule has 0 aliphatic carbocycles. The number of carbonyl (C=O) groups excluding carboxylic acids is 1. The monoisotopic (exact) mass is 406 g/mol. The first kappa shape index (κ1) is 20.4. The molecule has 8 heteroatoms. The van der Waals surface area contributed by atoms with Crippen LogP contribution in [0.25, 0.3) is 10.8 Å². The highest BCUT2D eigenvalue weighted by Gasteiger charge is 2.31. The van der Waals surface area contributed by atoms with Gasteiger partial charge in [-0.2, -0.15) is 4.31 Å². The number of amides is 1. The fraction of sp³-hybridized carbons (Fsp3) is 0.450. The van der Waals surface area contributed by atoms with Crippen molar-refractivity contribution < 1.29 is 22.7 Å². The maximum Gasteiger partial charge on any atom is 0.409 e. The first-order valence-corrected chi connectivity index (χ1v) is 11.0. The van der Waals surface area contributed by atoms with Crippen molar-refractivity contribution in [2.45, 2.75) is 25.2 Å². The Morgan fingerprint density at radius 2 is 1.68 bits per heavy atom. The lowest BCUT2D eigenvalue weighted by Gasteiger charge is -2.33. The van der Waals surface area contributed by atoms with E-state index in [1.165, 1.54) is 9.21 Å². The summed E-state index contributed by atoms with van der Waals surface area (Å²) in [4.78, 5) is 13.6. The van der Waals surface area contributed by atoms with E-state index in [1.807, 2.05) is 25.1 Å². The Labute approximate surface area is 165 Å². The van der Waals surface area contributed by atoms with E-state index in [9.17, 15) is 13.2 Å². The number of hydrogen-bond donors (Lipinski definition) is 0. The lowest BCUT2D eigenvalue weighted by molar-refractivity contribution is 0.0934. The summed E-state index contributed by atoms with van der Waals surface area (Å²) in [6, 6.07) is 10.7. The molecule has 0 spiro atoms. The van der Waals surface area contributed by atoms with Crippen LogP contribution in [0.3, 0.4) is 0 Å². The molecule has 7 nitrogen and oxygen atoms in total. The topological polar surface area (TPSA) is 76.2 Å². The highest BCUT2D eigenvalue weighted by molar-refractivity contribution is 7.89. The number of nitrogens with zero attached hydrogens (tertiary/aromatic N) is 2. The van der Waals surface area contributed by atoms with Crippen LogP contribution in [0.4, 0.5) is 4.79 Å². The third-order valence-electron chi connectivity index (χ3n) is 4.69. The summed E-state index contributed by atoms with van der Waals surface area (Å²) < 4.78 is 38.8. The van der Waals surface area contributed by atoms with Gasteiger partial charge in [0.25, 0.3) is 0 Å². The zero-order chi connectivity index (χ0) is 20.1. The van der Waals surface area contributed by atoms with Crippen molar-refractivity contribution in [3.63, 3.8) is 0 Å². The third-order valence-corrected chi connectivity index (χ3v) is 6.65. The average molecular weight is 407 g/mol. The Bertz CT molecular complexity index is 937. The minimum absolute atomic E-state index is 0.240. The van der Waals surface area contributed by atoms with Crippen LogP contribution < -0.4 is 4.74 Å². The van der Waals surface area contributed by atoms with Crippen LogP contribution in [0.15, 0.2) is 41.3 Å². The molecule has 3 rings (SSSR count). The van der Waals surface area contributed by atoms with Crippen LogP contribution in [0, 0.1) is 0 Å². The summed E-state index contributed by atoms with van der Waals surface area (Å²) in [7, 11) is -3.69. The maximum atomic E-state index is 13.3. The molecule has 0 aromatic heterocycles. The van der Waals surface area contributed by atoms with E-state index in [2.05, 4.69) is 0 Å². The zero-order valence-electron chi connectivity index (χ0n) is 16.3. The molecule has 2 aromatic rings. The number of piperazine rings is 1. The first-order chi connectivity index (χ1) is 13.5. The third kappa shape index (κ3) is 4.07. The van der Waals surface area contributed by atoms with Crippen molar-refractivity contribution in [2.24, 2.45) is 0 Å². The van der Waals surface area contributed by atoms with Gasteiger partial charge in [0.1, 0.15) is 5.75 Å². The van der Waals surface area contributed by atoms with E-state index >= 15 is 0 Å². The summed E-state index contributed by atoms with van der Waals surface area (Å²) in [6.45, 7) is 5.75. The molecule has 1 amide bonds. The van der Waals surface area contributed by atoms with Crippen molar-refractivity contribution in [1.29, 1.82) is 0 Å². The van der Waals surface area contributed by atoms with Crippen molar-refractivity contribution >= 4 is 26.9 Å². The van der Waals surface area contributed by atoms with E-state index in [1.54, 1.807) is 25.1 Å². The van der Waals surface area contributed by atoms with Crippen LogP contribution in [0.1, 0.15) is 20.3 Å². The second-order valence-corrected chi connectivity index (χ2v) is 8.45. The summed E-state index contributed by atoms with van der Waals surface area (Å²) in [5.41, 5.74) is 0. The van der Waals surface area contributed by atoms with E-state index < -0.39 is 16.1 Å². The Morgan fingerprint density at radius 1 is 1.00 bits per heavy atom. The lowest BCUT2D eigenvalue weighted by Crippen LogP contribution is -2.50. The summed E-state index contributed by atoms with van der Waals surface area (Å²) in [6.07, 6.45) is 0.474. The molecule has 1 aliphatic heterocycles. The fourth-order valence-electron chi connectivity index (χ4n) is 3.27. The van der Waals surface area contributed by atoms with E-state index in [0.29, 0.717) is 37.4 Å². The van der Waals surface area contributed by atoms with Crippen molar-refractivity contribution in [3.05, 3.63) is 36.4 Å². The van der Waals surface area contributed by atoms with Gasteiger partial charge in [-0.1, -0.05) is 31.2 Å². The van der Waals surface area contributed by atoms with Gasteiger partial charge in [0.05, 0.1) is 18.1 Å². The number of carbonyl (C=O) groups is 1. The van der Waals surface area contributed by atoms with Gasteiger partial charge in [0, 0.05) is 37.0 Å². The van der Waals surface area contributed by atoms with Gasteiger partial charge >= 0.3 is 6.09 Å². The average Bonchev–Trinajstić information content (AvgIpc) is 2.72.